The summed E-state index contributed by atoms with van der Waals surface area (Å²) in [6.45, 7) is -0.0399. The van der Waals surface area contributed by atoms with Gasteiger partial charge < -0.3 is 24.9 Å². The summed E-state index contributed by atoms with van der Waals surface area (Å²) in [5.74, 6) is -1.06. The molecule has 2 atom stereocenters. The standard InChI is InChI=1S/C14H19BN2O5S/c1-21-17-13(11-5-3-9-23-11)14(19)16-12-6-2-4-10(7-8-18)22-15(12)20/h2-5,9-10,12,18,20H,6-8H2,1H3,(H,16,19)/b17-13+/t10-,12+/m1/s1. The third-order valence-corrected chi connectivity index (χ3v) is 4.16. The Morgan fingerprint density at radius 3 is 3.13 bits per heavy atom. The Bertz CT molecular complexity index is 564. The van der Waals surface area contributed by atoms with Gasteiger partial charge in [-0.1, -0.05) is 23.4 Å². The number of oxime groups is 1. The van der Waals surface area contributed by atoms with Crippen molar-refractivity contribution in [3.05, 3.63) is 34.5 Å². The second-order valence-corrected chi connectivity index (χ2v) is 5.87. The third kappa shape index (κ3) is 4.90. The van der Waals surface area contributed by atoms with Crippen LogP contribution in [0, 0.1) is 0 Å². The molecule has 3 N–H and O–H groups in total. The van der Waals surface area contributed by atoms with Crippen LogP contribution < -0.4 is 5.32 Å². The van der Waals surface area contributed by atoms with E-state index in [1.165, 1.54) is 18.4 Å². The average Bonchev–Trinajstić information content (AvgIpc) is 2.99. The molecule has 0 saturated heterocycles. The molecular formula is C14H19BN2O5S. The van der Waals surface area contributed by atoms with Crippen LogP contribution in [-0.4, -0.2) is 54.6 Å². The first-order valence-corrected chi connectivity index (χ1v) is 8.10. The minimum Gasteiger partial charge on any atom is -0.426 e. The fourth-order valence-electron chi connectivity index (χ4n) is 2.17. The zero-order valence-electron chi connectivity index (χ0n) is 12.7. The molecular weight excluding hydrogens is 319 g/mol. The van der Waals surface area contributed by atoms with Crippen LogP contribution in [0.2, 0.25) is 0 Å². The maximum atomic E-state index is 12.4. The van der Waals surface area contributed by atoms with Gasteiger partial charge in [0.1, 0.15) is 7.11 Å². The van der Waals surface area contributed by atoms with Crippen molar-refractivity contribution in [2.45, 2.75) is 24.9 Å². The molecule has 1 aliphatic heterocycles. The molecule has 1 aromatic heterocycles. The molecule has 0 unspecified atom stereocenters. The molecule has 9 heteroatoms. The van der Waals surface area contributed by atoms with E-state index in [0.717, 1.165) is 0 Å². The van der Waals surface area contributed by atoms with Gasteiger partial charge in [0, 0.05) is 6.61 Å². The Balaban J connectivity index is 2.04. The van der Waals surface area contributed by atoms with E-state index in [4.69, 9.17) is 14.6 Å². The highest BCUT2D eigenvalue weighted by Crippen LogP contribution is 2.14. The number of nitrogens with zero attached hydrogens (tertiary/aromatic N) is 1. The maximum absolute atomic E-state index is 12.4. The van der Waals surface area contributed by atoms with Crippen molar-refractivity contribution < 1.29 is 24.4 Å². The smallest absolute Gasteiger partial charge is 0.426 e. The predicted molar refractivity (Wildman–Crippen MR) is 88.1 cm³/mol. The van der Waals surface area contributed by atoms with E-state index in [1.54, 1.807) is 12.1 Å². The van der Waals surface area contributed by atoms with Gasteiger partial charge in [0.15, 0.2) is 5.71 Å². The zero-order valence-corrected chi connectivity index (χ0v) is 13.5. The van der Waals surface area contributed by atoms with Gasteiger partial charge >= 0.3 is 7.12 Å². The van der Waals surface area contributed by atoms with E-state index < -0.39 is 19.0 Å². The summed E-state index contributed by atoms with van der Waals surface area (Å²) in [4.78, 5) is 17.8. The fraction of sp³-hybridized carbons (Fsp3) is 0.429. The van der Waals surface area contributed by atoms with E-state index in [1.807, 2.05) is 17.5 Å². The largest absolute Gasteiger partial charge is 0.478 e. The summed E-state index contributed by atoms with van der Waals surface area (Å²) in [5.41, 5.74) is 0.148. The van der Waals surface area contributed by atoms with Crippen LogP contribution in [0.5, 0.6) is 0 Å². The van der Waals surface area contributed by atoms with Crippen LogP contribution in [0.25, 0.3) is 0 Å². The van der Waals surface area contributed by atoms with Gasteiger partial charge in [-0.2, -0.15) is 0 Å². The first-order chi connectivity index (χ1) is 11.2. The van der Waals surface area contributed by atoms with E-state index in [-0.39, 0.29) is 18.4 Å². The zero-order chi connectivity index (χ0) is 16.7. The van der Waals surface area contributed by atoms with Gasteiger partial charge in [-0.25, -0.2) is 0 Å². The molecule has 0 saturated carbocycles. The van der Waals surface area contributed by atoms with E-state index in [9.17, 15) is 9.82 Å². The first-order valence-electron chi connectivity index (χ1n) is 7.22. The summed E-state index contributed by atoms with van der Waals surface area (Å²) in [5, 5.41) is 27.4. The lowest BCUT2D eigenvalue weighted by Gasteiger charge is -2.20. The number of carbonyl (C=O) groups excluding carboxylic acids is 1. The lowest BCUT2D eigenvalue weighted by molar-refractivity contribution is -0.115. The van der Waals surface area contributed by atoms with Crippen molar-refractivity contribution in [3.63, 3.8) is 0 Å². The number of carbonyl (C=O) groups is 1. The first kappa shape index (κ1) is 17.7. The number of amides is 1. The summed E-state index contributed by atoms with van der Waals surface area (Å²) >= 11 is 1.37. The van der Waals surface area contributed by atoms with Crippen molar-refractivity contribution in [2.75, 3.05) is 13.7 Å². The molecule has 1 aromatic rings. The SMILES string of the molecule is CO/N=C(/C(=O)N[C@H]1CC=C[C@H](CCO)OB1O)c1cccs1. The molecule has 7 nitrogen and oxygen atoms in total. The quantitative estimate of drug-likeness (QED) is 0.300. The molecule has 0 spiro atoms. The maximum Gasteiger partial charge on any atom is 0.478 e. The van der Waals surface area contributed by atoms with Crippen LogP contribution >= 0.6 is 11.3 Å². The summed E-state index contributed by atoms with van der Waals surface area (Å²) < 4.78 is 5.42. The second-order valence-electron chi connectivity index (χ2n) is 4.92. The van der Waals surface area contributed by atoms with Crippen LogP contribution in [0.15, 0.2) is 34.8 Å². The van der Waals surface area contributed by atoms with E-state index >= 15 is 0 Å². The van der Waals surface area contributed by atoms with E-state index in [2.05, 4.69) is 10.5 Å². The van der Waals surface area contributed by atoms with Gasteiger partial charge in [0.05, 0.1) is 16.9 Å². The highest BCUT2D eigenvalue weighted by atomic mass is 32.1. The van der Waals surface area contributed by atoms with Gasteiger partial charge in [0.2, 0.25) is 0 Å². The summed E-state index contributed by atoms with van der Waals surface area (Å²) in [6.07, 6.45) is 4.02. The van der Waals surface area contributed by atoms with Gasteiger partial charge in [0.25, 0.3) is 5.91 Å². The van der Waals surface area contributed by atoms with Crippen molar-refractivity contribution in [3.8, 4) is 0 Å². The Kier molecular flexibility index (Phi) is 6.78. The number of hydrogen-bond donors (Lipinski definition) is 3. The highest BCUT2D eigenvalue weighted by Gasteiger charge is 2.33. The topological polar surface area (TPSA) is 100 Å². The van der Waals surface area contributed by atoms with Crippen LogP contribution in [0.3, 0.4) is 0 Å². The highest BCUT2D eigenvalue weighted by molar-refractivity contribution is 7.13. The molecule has 1 aliphatic rings. The minimum atomic E-state index is -1.17. The number of thiophene rings is 1. The third-order valence-electron chi connectivity index (χ3n) is 3.28. The van der Waals surface area contributed by atoms with Gasteiger partial charge in [-0.15, -0.1) is 11.3 Å². The number of nitrogens with one attached hydrogen (secondary N) is 1. The van der Waals surface area contributed by atoms with Crippen LogP contribution in [0.1, 0.15) is 17.7 Å². The lowest BCUT2D eigenvalue weighted by atomic mass is 9.77. The molecule has 1 amide bonds. The van der Waals surface area contributed by atoms with Gasteiger partial charge in [-0.05, 0) is 24.3 Å². The number of hydrogen-bond acceptors (Lipinski definition) is 7. The van der Waals surface area contributed by atoms with Crippen LogP contribution in [0.4, 0.5) is 0 Å². The molecule has 0 radical (unpaired) electrons. The van der Waals surface area contributed by atoms with Crippen molar-refractivity contribution >= 4 is 30.1 Å². The molecule has 0 fully saturated rings. The Morgan fingerprint density at radius 2 is 2.48 bits per heavy atom. The average molecular weight is 338 g/mol. The Hall–Kier alpha value is -1.68. The Labute approximate surface area is 138 Å². The molecule has 2 heterocycles. The molecule has 0 bridgehead atoms. The van der Waals surface area contributed by atoms with Gasteiger partial charge in [-0.3, -0.25) is 4.79 Å². The lowest BCUT2D eigenvalue weighted by Crippen LogP contribution is -2.50. The minimum absolute atomic E-state index is 0.0399. The summed E-state index contributed by atoms with van der Waals surface area (Å²) in [6, 6.07) is 3.57. The Morgan fingerprint density at radius 1 is 1.65 bits per heavy atom. The molecule has 0 aromatic carbocycles. The molecule has 23 heavy (non-hydrogen) atoms. The fourth-order valence-corrected chi connectivity index (χ4v) is 2.88. The van der Waals surface area contributed by atoms with E-state index in [0.29, 0.717) is 17.7 Å². The van der Waals surface area contributed by atoms with Crippen LogP contribution in [-0.2, 0) is 14.3 Å². The van der Waals surface area contributed by atoms with Crippen molar-refractivity contribution in [1.29, 1.82) is 0 Å². The molecule has 124 valence electrons. The van der Waals surface area contributed by atoms with Crippen molar-refractivity contribution in [1.82, 2.24) is 5.32 Å². The molecule has 2 rings (SSSR count). The normalized spacial score (nSPS) is 21.9. The molecule has 0 aliphatic carbocycles. The monoisotopic (exact) mass is 338 g/mol. The summed E-state index contributed by atoms with van der Waals surface area (Å²) in [7, 11) is 0.199. The number of aliphatic hydroxyl groups is 1. The second kappa shape index (κ2) is 8.83. The number of aliphatic hydroxyl groups excluding tert-OH is 1. The number of rotatable bonds is 6. The van der Waals surface area contributed by atoms with Crippen molar-refractivity contribution in [2.24, 2.45) is 5.16 Å². The predicted octanol–water partition coefficient (Wildman–Crippen LogP) is 0.331.